The van der Waals surface area contributed by atoms with E-state index in [1.165, 1.54) is 0 Å². The number of hydrogen-bond acceptors (Lipinski definition) is 5. The number of hydrogen-bond donors (Lipinski definition) is 1. The lowest BCUT2D eigenvalue weighted by molar-refractivity contribution is 0.421. The molecule has 1 aliphatic rings. The summed E-state index contributed by atoms with van der Waals surface area (Å²) in [7, 11) is 0. The third-order valence-corrected chi connectivity index (χ3v) is 3.12. The molecule has 1 aliphatic carbocycles. The van der Waals surface area contributed by atoms with E-state index < -0.39 is 0 Å². The van der Waals surface area contributed by atoms with Gasteiger partial charge in [0.05, 0.1) is 6.33 Å². The van der Waals surface area contributed by atoms with Crippen molar-refractivity contribution in [1.29, 1.82) is 0 Å². The van der Waals surface area contributed by atoms with Gasteiger partial charge in [0.1, 0.15) is 5.69 Å². The highest BCUT2D eigenvalue weighted by Gasteiger charge is 2.38. The van der Waals surface area contributed by atoms with Crippen molar-refractivity contribution in [2.75, 3.05) is 6.54 Å². The Morgan fingerprint density at radius 1 is 1.59 bits per heavy atom. The second-order valence-electron chi connectivity index (χ2n) is 4.56. The summed E-state index contributed by atoms with van der Waals surface area (Å²) in [6.45, 7) is 3.52. The molecule has 0 saturated heterocycles. The predicted octanol–water partition coefficient (Wildman–Crippen LogP) is 1.02. The fraction of sp³-hybridized carbons (Fsp3) is 0.545. The van der Waals surface area contributed by atoms with E-state index in [0.717, 1.165) is 18.8 Å². The van der Waals surface area contributed by atoms with Crippen LogP contribution in [-0.2, 0) is 6.54 Å². The Balaban J connectivity index is 1.80. The predicted molar refractivity (Wildman–Crippen MR) is 61.1 cm³/mol. The number of imidazole rings is 1. The van der Waals surface area contributed by atoms with Crippen LogP contribution >= 0.6 is 0 Å². The average Bonchev–Trinajstić information content (AvgIpc) is 2.77. The Labute approximate surface area is 98.8 Å². The minimum absolute atomic E-state index is 0.471. The van der Waals surface area contributed by atoms with Gasteiger partial charge in [-0.05, 0) is 12.3 Å². The third-order valence-electron chi connectivity index (χ3n) is 3.12. The van der Waals surface area contributed by atoms with Gasteiger partial charge in [0.25, 0.3) is 5.89 Å². The molecule has 0 bridgehead atoms. The van der Waals surface area contributed by atoms with Crippen LogP contribution in [0.4, 0.5) is 0 Å². The first-order valence-electron chi connectivity index (χ1n) is 5.83. The van der Waals surface area contributed by atoms with E-state index in [1.807, 2.05) is 10.8 Å². The number of rotatable bonds is 4. The maximum Gasteiger partial charge on any atom is 0.278 e. The molecule has 6 nitrogen and oxygen atoms in total. The first-order valence-corrected chi connectivity index (χ1v) is 5.83. The summed E-state index contributed by atoms with van der Waals surface area (Å²) in [6.07, 6.45) is 4.76. The standard InChI is InChI=1S/C11H15N5O/c1-7-4-8(7)10-14-11(17-15-10)9-5-16(3-2-12)6-13-9/h5-8H,2-4,12H2,1H3. The summed E-state index contributed by atoms with van der Waals surface area (Å²) in [5, 5.41) is 4.00. The Kier molecular flexibility index (Phi) is 2.44. The molecule has 0 spiro atoms. The molecule has 2 heterocycles. The summed E-state index contributed by atoms with van der Waals surface area (Å²) in [4.78, 5) is 8.61. The van der Waals surface area contributed by atoms with Crippen molar-refractivity contribution in [2.45, 2.75) is 25.8 Å². The highest BCUT2D eigenvalue weighted by molar-refractivity contribution is 5.44. The molecule has 0 aromatic carbocycles. The van der Waals surface area contributed by atoms with Crippen molar-refractivity contribution in [2.24, 2.45) is 11.7 Å². The maximum atomic E-state index is 5.48. The second-order valence-corrected chi connectivity index (χ2v) is 4.56. The largest absolute Gasteiger partial charge is 0.335 e. The Hall–Kier alpha value is -1.69. The molecule has 2 aromatic rings. The number of nitrogens with zero attached hydrogens (tertiary/aromatic N) is 4. The molecule has 0 aliphatic heterocycles. The lowest BCUT2D eigenvalue weighted by Gasteiger charge is -1.94. The molecule has 2 atom stereocenters. The lowest BCUT2D eigenvalue weighted by atomic mass is 10.3. The van der Waals surface area contributed by atoms with Gasteiger partial charge in [-0.15, -0.1) is 0 Å². The van der Waals surface area contributed by atoms with Gasteiger partial charge in [-0.3, -0.25) is 0 Å². The number of aromatic nitrogens is 4. The van der Waals surface area contributed by atoms with Crippen LogP contribution in [0.1, 0.15) is 25.1 Å². The van der Waals surface area contributed by atoms with Crippen LogP contribution in [0, 0.1) is 5.92 Å². The van der Waals surface area contributed by atoms with Crippen molar-refractivity contribution >= 4 is 0 Å². The van der Waals surface area contributed by atoms with E-state index in [9.17, 15) is 0 Å². The van der Waals surface area contributed by atoms with Gasteiger partial charge < -0.3 is 14.8 Å². The Morgan fingerprint density at radius 3 is 3.12 bits per heavy atom. The lowest BCUT2D eigenvalue weighted by Crippen LogP contribution is -2.07. The van der Waals surface area contributed by atoms with Crippen LogP contribution in [0.3, 0.4) is 0 Å². The van der Waals surface area contributed by atoms with Gasteiger partial charge in [0.15, 0.2) is 5.82 Å². The molecule has 6 heteroatoms. The van der Waals surface area contributed by atoms with Crippen molar-refractivity contribution in [3.05, 3.63) is 18.3 Å². The molecule has 2 unspecified atom stereocenters. The van der Waals surface area contributed by atoms with E-state index in [4.69, 9.17) is 10.3 Å². The molecule has 0 radical (unpaired) electrons. The average molecular weight is 233 g/mol. The molecule has 0 amide bonds. The molecule has 1 saturated carbocycles. The van der Waals surface area contributed by atoms with Crippen molar-refractivity contribution in [3.8, 4) is 11.6 Å². The van der Waals surface area contributed by atoms with Crippen LogP contribution in [0.15, 0.2) is 17.0 Å². The highest BCUT2D eigenvalue weighted by Crippen LogP contribution is 2.45. The molecular weight excluding hydrogens is 218 g/mol. The quantitative estimate of drug-likeness (QED) is 0.852. The van der Waals surface area contributed by atoms with Crippen LogP contribution in [0.25, 0.3) is 11.6 Å². The van der Waals surface area contributed by atoms with Gasteiger partial charge in [-0.2, -0.15) is 4.98 Å². The van der Waals surface area contributed by atoms with E-state index in [-0.39, 0.29) is 0 Å². The van der Waals surface area contributed by atoms with Gasteiger partial charge in [-0.25, -0.2) is 4.98 Å². The van der Waals surface area contributed by atoms with Crippen molar-refractivity contribution in [1.82, 2.24) is 19.7 Å². The fourth-order valence-corrected chi connectivity index (χ4v) is 1.91. The van der Waals surface area contributed by atoms with Crippen LogP contribution in [0.2, 0.25) is 0 Å². The van der Waals surface area contributed by atoms with Gasteiger partial charge in [0, 0.05) is 25.2 Å². The molecule has 2 N–H and O–H groups in total. The summed E-state index contributed by atoms with van der Waals surface area (Å²) in [6, 6.07) is 0. The second kappa shape index (κ2) is 3.96. The van der Waals surface area contributed by atoms with Crippen molar-refractivity contribution < 1.29 is 4.52 Å². The number of nitrogens with two attached hydrogens (primary N) is 1. The van der Waals surface area contributed by atoms with Gasteiger partial charge >= 0.3 is 0 Å². The molecule has 17 heavy (non-hydrogen) atoms. The summed E-state index contributed by atoms with van der Waals surface area (Å²) in [5.74, 6) is 2.45. The fourth-order valence-electron chi connectivity index (χ4n) is 1.91. The molecule has 90 valence electrons. The monoisotopic (exact) mass is 233 g/mol. The van der Waals surface area contributed by atoms with E-state index in [1.54, 1.807) is 6.33 Å². The minimum atomic E-state index is 0.471. The third kappa shape index (κ3) is 1.95. The molecule has 1 fully saturated rings. The molecular formula is C11H15N5O. The maximum absolute atomic E-state index is 5.48. The highest BCUT2D eigenvalue weighted by atomic mass is 16.5. The Bertz CT molecular complexity index is 517. The zero-order chi connectivity index (χ0) is 11.8. The topological polar surface area (TPSA) is 82.8 Å². The van der Waals surface area contributed by atoms with E-state index in [2.05, 4.69) is 22.0 Å². The van der Waals surface area contributed by atoms with Crippen LogP contribution in [-0.4, -0.2) is 26.2 Å². The Morgan fingerprint density at radius 2 is 2.41 bits per heavy atom. The first kappa shape index (κ1) is 10.5. The van der Waals surface area contributed by atoms with E-state index in [0.29, 0.717) is 30.0 Å². The van der Waals surface area contributed by atoms with Crippen LogP contribution < -0.4 is 5.73 Å². The van der Waals surface area contributed by atoms with Crippen molar-refractivity contribution in [3.63, 3.8) is 0 Å². The summed E-state index contributed by atoms with van der Waals surface area (Å²) >= 11 is 0. The molecule has 2 aromatic heterocycles. The van der Waals surface area contributed by atoms with E-state index >= 15 is 0 Å². The normalized spacial score (nSPS) is 22.9. The smallest absolute Gasteiger partial charge is 0.278 e. The summed E-state index contributed by atoms with van der Waals surface area (Å²) in [5.41, 5.74) is 6.19. The first-order chi connectivity index (χ1) is 8.28. The van der Waals surface area contributed by atoms with Gasteiger partial charge in [-0.1, -0.05) is 12.1 Å². The minimum Gasteiger partial charge on any atom is -0.335 e. The van der Waals surface area contributed by atoms with Crippen LogP contribution in [0.5, 0.6) is 0 Å². The molecule has 3 rings (SSSR count). The zero-order valence-corrected chi connectivity index (χ0v) is 9.71. The zero-order valence-electron chi connectivity index (χ0n) is 9.71. The SMILES string of the molecule is CC1CC1c1noc(-c2cn(CCN)cn2)n1. The summed E-state index contributed by atoms with van der Waals surface area (Å²) < 4.78 is 7.14. The van der Waals surface area contributed by atoms with Gasteiger partial charge in [0.2, 0.25) is 0 Å².